The molecular formula is C18H26N2O3. The van der Waals surface area contributed by atoms with Crippen molar-refractivity contribution in [2.45, 2.75) is 52.0 Å². The van der Waals surface area contributed by atoms with Gasteiger partial charge in [0.2, 0.25) is 5.91 Å². The molecule has 23 heavy (non-hydrogen) atoms. The van der Waals surface area contributed by atoms with Gasteiger partial charge in [0.15, 0.2) is 5.76 Å². The molecule has 0 saturated carbocycles. The SMILES string of the molecule is CC(C)C(NC(=O)c1ccco1)C(=O)NCCC1=CCCCC1. The molecule has 126 valence electrons. The molecule has 2 amide bonds. The largest absolute Gasteiger partial charge is 0.459 e. The van der Waals surface area contributed by atoms with Crippen LogP contribution in [0.2, 0.25) is 0 Å². The highest BCUT2D eigenvalue weighted by molar-refractivity contribution is 5.95. The molecule has 0 radical (unpaired) electrons. The van der Waals surface area contributed by atoms with Gasteiger partial charge in [-0.05, 0) is 50.2 Å². The Hall–Kier alpha value is -2.04. The van der Waals surface area contributed by atoms with E-state index in [0.29, 0.717) is 6.54 Å². The first-order valence-electron chi connectivity index (χ1n) is 8.38. The predicted octanol–water partition coefficient (Wildman–Crippen LogP) is 3.04. The van der Waals surface area contributed by atoms with Gasteiger partial charge < -0.3 is 15.1 Å². The van der Waals surface area contributed by atoms with Gasteiger partial charge in [0.25, 0.3) is 5.91 Å². The highest BCUT2D eigenvalue weighted by Crippen LogP contribution is 2.19. The lowest BCUT2D eigenvalue weighted by molar-refractivity contribution is -0.123. The van der Waals surface area contributed by atoms with Gasteiger partial charge in [0.05, 0.1) is 6.26 Å². The average Bonchev–Trinajstić information content (AvgIpc) is 3.07. The number of furan rings is 1. The van der Waals surface area contributed by atoms with Crippen LogP contribution in [0.1, 0.15) is 56.5 Å². The number of nitrogens with one attached hydrogen (secondary N) is 2. The molecule has 0 aromatic carbocycles. The van der Waals surface area contributed by atoms with E-state index in [2.05, 4.69) is 16.7 Å². The molecule has 5 nitrogen and oxygen atoms in total. The van der Waals surface area contributed by atoms with Crippen LogP contribution in [-0.4, -0.2) is 24.4 Å². The van der Waals surface area contributed by atoms with E-state index in [9.17, 15) is 9.59 Å². The minimum atomic E-state index is -0.562. The van der Waals surface area contributed by atoms with Crippen LogP contribution in [0.25, 0.3) is 0 Å². The van der Waals surface area contributed by atoms with Gasteiger partial charge in [-0.3, -0.25) is 9.59 Å². The molecule has 0 aliphatic heterocycles. The highest BCUT2D eigenvalue weighted by atomic mass is 16.3. The summed E-state index contributed by atoms with van der Waals surface area (Å²) in [5.41, 5.74) is 1.43. The van der Waals surface area contributed by atoms with E-state index >= 15 is 0 Å². The van der Waals surface area contributed by atoms with Gasteiger partial charge in [0, 0.05) is 6.54 Å². The maximum atomic E-state index is 12.4. The van der Waals surface area contributed by atoms with Gasteiger partial charge in [-0.2, -0.15) is 0 Å². The maximum Gasteiger partial charge on any atom is 0.287 e. The predicted molar refractivity (Wildman–Crippen MR) is 89.0 cm³/mol. The van der Waals surface area contributed by atoms with E-state index in [4.69, 9.17) is 4.42 Å². The van der Waals surface area contributed by atoms with Crippen molar-refractivity contribution in [3.05, 3.63) is 35.8 Å². The molecule has 0 spiro atoms. The number of carbonyl (C=O) groups is 2. The molecule has 1 aliphatic rings. The third-order valence-corrected chi connectivity index (χ3v) is 4.11. The molecule has 1 aliphatic carbocycles. The van der Waals surface area contributed by atoms with Crippen molar-refractivity contribution >= 4 is 11.8 Å². The molecule has 1 aromatic heterocycles. The minimum absolute atomic E-state index is 0.00260. The number of rotatable bonds is 7. The van der Waals surface area contributed by atoms with Crippen LogP contribution in [0.5, 0.6) is 0 Å². The molecule has 1 aromatic rings. The summed E-state index contributed by atoms with van der Waals surface area (Å²) >= 11 is 0. The van der Waals surface area contributed by atoms with E-state index in [1.165, 1.54) is 24.7 Å². The molecular weight excluding hydrogens is 292 g/mol. The van der Waals surface area contributed by atoms with E-state index in [1.54, 1.807) is 12.1 Å². The third-order valence-electron chi connectivity index (χ3n) is 4.11. The zero-order valence-corrected chi connectivity index (χ0v) is 13.9. The number of allylic oxidation sites excluding steroid dienone is 1. The van der Waals surface area contributed by atoms with E-state index < -0.39 is 6.04 Å². The first-order chi connectivity index (χ1) is 11.1. The van der Waals surface area contributed by atoms with Crippen LogP contribution in [-0.2, 0) is 4.79 Å². The molecule has 1 unspecified atom stereocenters. The number of carbonyl (C=O) groups excluding carboxylic acids is 2. The van der Waals surface area contributed by atoms with E-state index in [0.717, 1.165) is 19.3 Å². The fraction of sp³-hybridized carbons (Fsp3) is 0.556. The van der Waals surface area contributed by atoms with Crippen LogP contribution in [0.3, 0.4) is 0 Å². The Balaban J connectivity index is 1.83. The van der Waals surface area contributed by atoms with Crippen LogP contribution in [0, 0.1) is 5.92 Å². The Kier molecular flexibility index (Phi) is 6.44. The molecule has 2 N–H and O–H groups in total. The van der Waals surface area contributed by atoms with E-state index in [-0.39, 0.29) is 23.5 Å². The number of amides is 2. The first-order valence-corrected chi connectivity index (χ1v) is 8.38. The number of hydrogen-bond acceptors (Lipinski definition) is 3. The van der Waals surface area contributed by atoms with Crippen molar-refractivity contribution in [3.63, 3.8) is 0 Å². The van der Waals surface area contributed by atoms with E-state index in [1.807, 2.05) is 13.8 Å². The summed E-state index contributed by atoms with van der Waals surface area (Å²) in [5.74, 6) is -0.284. The van der Waals surface area contributed by atoms with Gasteiger partial charge >= 0.3 is 0 Å². The first kappa shape index (κ1) is 17.3. The second kappa shape index (κ2) is 8.56. The smallest absolute Gasteiger partial charge is 0.287 e. The highest BCUT2D eigenvalue weighted by Gasteiger charge is 2.25. The van der Waals surface area contributed by atoms with Crippen molar-refractivity contribution in [2.75, 3.05) is 6.54 Å². The topological polar surface area (TPSA) is 71.3 Å². The molecule has 1 atom stereocenters. The van der Waals surface area contributed by atoms with Gasteiger partial charge in [-0.25, -0.2) is 0 Å². The molecule has 0 fully saturated rings. The zero-order chi connectivity index (χ0) is 16.7. The quantitative estimate of drug-likeness (QED) is 0.759. The van der Waals surface area contributed by atoms with Crippen LogP contribution in [0.4, 0.5) is 0 Å². The monoisotopic (exact) mass is 318 g/mol. The minimum Gasteiger partial charge on any atom is -0.459 e. The molecule has 0 bridgehead atoms. The van der Waals surface area contributed by atoms with Gasteiger partial charge in [-0.15, -0.1) is 0 Å². The lowest BCUT2D eigenvalue weighted by atomic mass is 9.97. The summed E-state index contributed by atoms with van der Waals surface area (Å²) in [4.78, 5) is 24.4. The molecule has 0 saturated heterocycles. The summed E-state index contributed by atoms with van der Waals surface area (Å²) in [7, 11) is 0. The maximum absolute atomic E-state index is 12.4. The average molecular weight is 318 g/mol. The Bertz CT molecular complexity index is 547. The second-order valence-corrected chi connectivity index (χ2v) is 6.32. The van der Waals surface area contributed by atoms with Crippen molar-refractivity contribution in [1.29, 1.82) is 0 Å². The lowest BCUT2D eigenvalue weighted by Crippen LogP contribution is -2.49. The van der Waals surface area contributed by atoms with Crippen molar-refractivity contribution in [1.82, 2.24) is 10.6 Å². The Morgan fingerprint density at radius 1 is 1.30 bits per heavy atom. The Morgan fingerprint density at radius 2 is 2.13 bits per heavy atom. The van der Waals surface area contributed by atoms with Crippen LogP contribution < -0.4 is 10.6 Å². The number of hydrogen-bond donors (Lipinski definition) is 2. The zero-order valence-electron chi connectivity index (χ0n) is 13.9. The molecule has 1 heterocycles. The van der Waals surface area contributed by atoms with Gasteiger partial charge in [0.1, 0.15) is 6.04 Å². The van der Waals surface area contributed by atoms with Crippen LogP contribution >= 0.6 is 0 Å². The summed E-state index contributed by atoms with van der Waals surface area (Å²) in [6, 6.07) is 2.67. The Morgan fingerprint density at radius 3 is 2.74 bits per heavy atom. The normalized spacial score (nSPS) is 15.9. The fourth-order valence-electron chi connectivity index (χ4n) is 2.74. The van der Waals surface area contributed by atoms with Gasteiger partial charge in [-0.1, -0.05) is 25.5 Å². The van der Waals surface area contributed by atoms with Crippen LogP contribution in [0.15, 0.2) is 34.5 Å². The summed E-state index contributed by atoms with van der Waals surface area (Å²) in [6.07, 6.45) is 9.42. The summed E-state index contributed by atoms with van der Waals surface area (Å²) in [5, 5.41) is 5.68. The summed E-state index contributed by atoms with van der Waals surface area (Å²) < 4.78 is 5.06. The molecule has 5 heteroatoms. The Labute approximate surface area is 137 Å². The standard InChI is InChI=1S/C18H26N2O3/c1-13(2)16(20-17(21)15-9-6-12-23-15)18(22)19-11-10-14-7-4-3-5-8-14/h6-7,9,12-13,16H,3-5,8,10-11H2,1-2H3,(H,19,22)(H,20,21). The molecule has 2 rings (SSSR count). The third kappa shape index (κ3) is 5.27. The summed E-state index contributed by atoms with van der Waals surface area (Å²) in [6.45, 7) is 4.44. The van der Waals surface area contributed by atoms with Crippen molar-refractivity contribution in [2.24, 2.45) is 5.92 Å². The van der Waals surface area contributed by atoms with Crippen molar-refractivity contribution in [3.8, 4) is 0 Å². The lowest BCUT2D eigenvalue weighted by Gasteiger charge is -2.21. The second-order valence-electron chi connectivity index (χ2n) is 6.32. The fourth-order valence-corrected chi connectivity index (χ4v) is 2.74. The van der Waals surface area contributed by atoms with Crippen molar-refractivity contribution < 1.29 is 14.0 Å².